The number of phenolic OH excluding ortho intramolecular Hbond substituents is 2. The average Bonchev–Trinajstić information content (AvgIpc) is 2.19. The lowest BCUT2D eigenvalue weighted by Gasteiger charge is -2.18. The molecule has 1 aromatic rings. The molecule has 78 valence electrons. The van der Waals surface area contributed by atoms with E-state index in [-0.39, 0.29) is 11.5 Å². The molecule has 0 unspecified atom stereocenters. The SMILES string of the molecule is CC[C@@H](O)[C@@H](N)c1cc(O)ccc1O. The average molecular weight is 197 g/mol. The number of hydrogen-bond donors (Lipinski definition) is 4. The number of aromatic hydroxyl groups is 2. The Hall–Kier alpha value is -1.26. The standard InChI is InChI=1S/C10H15NO3/c1-2-8(13)10(11)7-5-6(12)3-4-9(7)14/h3-5,8,10,12-14H,2,11H2,1H3/t8-,10+/m1/s1. The molecule has 1 rings (SSSR count). The van der Waals surface area contributed by atoms with Gasteiger partial charge in [0.25, 0.3) is 0 Å². The number of aliphatic hydroxyl groups is 1. The van der Waals surface area contributed by atoms with Crippen molar-refractivity contribution in [2.45, 2.75) is 25.5 Å². The summed E-state index contributed by atoms with van der Waals surface area (Å²) in [7, 11) is 0. The molecule has 0 aliphatic rings. The summed E-state index contributed by atoms with van der Waals surface area (Å²) in [5.74, 6) is 0.0133. The highest BCUT2D eigenvalue weighted by Crippen LogP contribution is 2.28. The van der Waals surface area contributed by atoms with Gasteiger partial charge in [0.15, 0.2) is 0 Å². The molecule has 5 N–H and O–H groups in total. The molecule has 0 heterocycles. The van der Waals surface area contributed by atoms with Crippen LogP contribution < -0.4 is 5.73 Å². The van der Waals surface area contributed by atoms with Crippen molar-refractivity contribution in [1.29, 1.82) is 0 Å². The van der Waals surface area contributed by atoms with Gasteiger partial charge in [-0.25, -0.2) is 0 Å². The van der Waals surface area contributed by atoms with Crippen molar-refractivity contribution in [1.82, 2.24) is 0 Å². The molecule has 0 saturated carbocycles. The van der Waals surface area contributed by atoms with Gasteiger partial charge in [-0.3, -0.25) is 0 Å². The van der Waals surface area contributed by atoms with Gasteiger partial charge in [-0.2, -0.15) is 0 Å². The Morgan fingerprint density at radius 3 is 2.57 bits per heavy atom. The van der Waals surface area contributed by atoms with Crippen molar-refractivity contribution in [3.63, 3.8) is 0 Å². The van der Waals surface area contributed by atoms with Crippen LogP contribution in [0.4, 0.5) is 0 Å². The Labute approximate surface area is 82.6 Å². The summed E-state index contributed by atoms with van der Waals surface area (Å²) >= 11 is 0. The summed E-state index contributed by atoms with van der Waals surface area (Å²) in [6.07, 6.45) is -0.223. The Kier molecular flexibility index (Phi) is 3.33. The number of nitrogens with two attached hydrogens (primary N) is 1. The second-order valence-electron chi connectivity index (χ2n) is 3.24. The van der Waals surface area contributed by atoms with Crippen molar-refractivity contribution >= 4 is 0 Å². The second kappa shape index (κ2) is 4.30. The van der Waals surface area contributed by atoms with E-state index in [1.165, 1.54) is 18.2 Å². The van der Waals surface area contributed by atoms with Crippen LogP contribution >= 0.6 is 0 Å². The first kappa shape index (κ1) is 10.8. The maximum atomic E-state index is 9.48. The summed E-state index contributed by atoms with van der Waals surface area (Å²) in [4.78, 5) is 0. The first-order chi connectivity index (χ1) is 6.56. The molecule has 0 fully saturated rings. The molecule has 0 aliphatic carbocycles. The van der Waals surface area contributed by atoms with E-state index in [2.05, 4.69) is 0 Å². The molecule has 0 radical (unpaired) electrons. The van der Waals surface area contributed by atoms with Gasteiger partial charge in [0, 0.05) is 5.56 Å². The van der Waals surface area contributed by atoms with Crippen molar-refractivity contribution < 1.29 is 15.3 Å². The number of benzene rings is 1. The number of aliphatic hydroxyl groups excluding tert-OH is 1. The maximum Gasteiger partial charge on any atom is 0.120 e. The third-order valence-corrected chi connectivity index (χ3v) is 2.20. The molecule has 4 nitrogen and oxygen atoms in total. The van der Waals surface area contributed by atoms with E-state index in [1.54, 1.807) is 6.92 Å². The fourth-order valence-corrected chi connectivity index (χ4v) is 1.27. The van der Waals surface area contributed by atoms with E-state index in [0.717, 1.165) is 0 Å². The molecule has 0 aliphatic heterocycles. The number of hydrogen-bond acceptors (Lipinski definition) is 4. The fourth-order valence-electron chi connectivity index (χ4n) is 1.27. The van der Waals surface area contributed by atoms with Crippen LogP contribution in [-0.4, -0.2) is 21.4 Å². The van der Waals surface area contributed by atoms with Gasteiger partial charge < -0.3 is 21.1 Å². The molecule has 0 saturated heterocycles. The largest absolute Gasteiger partial charge is 0.508 e. The molecular formula is C10H15NO3. The third-order valence-electron chi connectivity index (χ3n) is 2.20. The molecule has 0 spiro atoms. The highest BCUT2D eigenvalue weighted by Gasteiger charge is 2.18. The smallest absolute Gasteiger partial charge is 0.120 e. The quantitative estimate of drug-likeness (QED) is 0.541. The van der Waals surface area contributed by atoms with Crippen LogP contribution in [-0.2, 0) is 0 Å². The van der Waals surface area contributed by atoms with E-state index in [4.69, 9.17) is 5.73 Å². The molecule has 14 heavy (non-hydrogen) atoms. The third kappa shape index (κ3) is 2.16. The normalized spacial score (nSPS) is 15.1. The van der Waals surface area contributed by atoms with Gasteiger partial charge in [-0.15, -0.1) is 0 Å². The lowest BCUT2D eigenvalue weighted by molar-refractivity contribution is 0.139. The van der Waals surface area contributed by atoms with Crippen LogP contribution in [0, 0.1) is 0 Å². The van der Waals surface area contributed by atoms with Gasteiger partial charge in [-0.1, -0.05) is 6.92 Å². The minimum atomic E-state index is -0.720. The van der Waals surface area contributed by atoms with Crippen molar-refractivity contribution in [3.8, 4) is 11.5 Å². The van der Waals surface area contributed by atoms with E-state index in [1.807, 2.05) is 0 Å². The predicted molar refractivity (Wildman–Crippen MR) is 53.0 cm³/mol. The van der Waals surface area contributed by atoms with E-state index >= 15 is 0 Å². The number of rotatable bonds is 3. The minimum absolute atomic E-state index is 0.0113. The van der Waals surface area contributed by atoms with Crippen molar-refractivity contribution in [2.75, 3.05) is 0 Å². The van der Waals surface area contributed by atoms with Crippen LogP contribution in [0.1, 0.15) is 24.9 Å². The maximum absolute atomic E-state index is 9.48. The van der Waals surface area contributed by atoms with Crippen LogP contribution in [0.25, 0.3) is 0 Å². The minimum Gasteiger partial charge on any atom is -0.508 e. The van der Waals surface area contributed by atoms with Gasteiger partial charge in [0.05, 0.1) is 12.1 Å². The van der Waals surface area contributed by atoms with E-state index < -0.39 is 12.1 Å². The monoisotopic (exact) mass is 197 g/mol. The zero-order valence-electron chi connectivity index (χ0n) is 8.01. The van der Waals surface area contributed by atoms with E-state index in [9.17, 15) is 15.3 Å². The van der Waals surface area contributed by atoms with Gasteiger partial charge in [0.2, 0.25) is 0 Å². The molecule has 0 aromatic heterocycles. The molecule has 4 heteroatoms. The Balaban J connectivity index is 2.99. The zero-order chi connectivity index (χ0) is 10.7. The summed E-state index contributed by atoms with van der Waals surface area (Å²) < 4.78 is 0. The lowest BCUT2D eigenvalue weighted by atomic mass is 9.99. The van der Waals surface area contributed by atoms with Gasteiger partial charge in [-0.05, 0) is 24.6 Å². The topological polar surface area (TPSA) is 86.7 Å². The predicted octanol–water partition coefficient (Wildman–Crippen LogP) is 0.868. The first-order valence-electron chi connectivity index (χ1n) is 4.51. The highest BCUT2D eigenvalue weighted by atomic mass is 16.3. The molecule has 1 aromatic carbocycles. The second-order valence-corrected chi connectivity index (χ2v) is 3.24. The Morgan fingerprint density at radius 2 is 2.00 bits per heavy atom. The summed E-state index contributed by atoms with van der Waals surface area (Å²) in [6, 6.07) is 3.41. The van der Waals surface area contributed by atoms with Crippen LogP contribution in [0.3, 0.4) is 0 Å². The Bertz CT molecular complexity index is 314. The van der Waals surface area contributed by atoms with Crippen molar-refractivity contribution in [3.05, 3.63) is 23.8 Å². The summed E-state index contributed by atoms with van der Waals surface area (Å²) in [6.45, 7) is 1.80. The number of phenols is 2. The zero-order valence-corrected chi connectivity index (χ0v) is 8.01. The Morgan fingerprint density at radius 1 is 1.36 bits per heavy atom. The lowest BCUT2D eigenvalue weighted by Crippen LogP contribution is -2.25. The van der Waals surface area contributed by atoms with Gasteiger partial charge in [0.1, 0.15) is 11.5 Å². The highest BCUT2D eigenvalue weighted by molar-refractivity contribution is 5.40. The summed E-state index contributed by atoms with van der Waals surface area (Å²) in [5.41, 5.74) is 6.06. The van der Waals surface area contributed by atoms with Crippen LogP contribution in [0.5, 0.6) is 11.5 Å². The van der Waals surface area contributed by atoms with E-state index in [0.29, 0.717) is 12.0 Å². The molecule has 0 bridgehead atoms. The van der Waals surface area contributed by atoms with Gasteiger partial charge >= 0.3 is 0 Å². The molecular weight excluding hydrogens is 182 g/mol. The van der Waals surface area contributed by atoms with Crippen molar-refractivity contribution in [2.24, 2.45) is 5.73 Å². The van der Waals surface area contributed by atoms with Crippen LogP contribution in [0.15, 0.2) is 18.2 Å². The fraction of sp³-hybridized carbons (Fsp3) is 0.400. The first-order valence-corrected chi connectivity index (χ1v) is 4.51. The molecule has 2 atom stereocenters. The van der Waals surface area contributed by atoms with Crippen LogP contribution in [0.2, 0.25) is 0 Å². The summed E-state index contributed by atoms with van der Waals surface area (Å²) in [5, 5.41) is 28.1. The molecule has 0 amide bonds.